The Kier molecular flexibility index (Phi) is 1.05. The third-order valence-electron chi connectivity index (χ3n) is 3.88. The third-order valence-corrected chi connectivity index (χ3v) is 3.88. The molecular weight excluding hydrogens is 122 g/mol. The summed E-state index contributed by atoms with van der Waals surface area (Å²) in [5.74, 6) is 2.74. The van der Waals surface area contributed by atoms with Crippen LogP contribution >= 0.6 is 0 Å². The summed E-state index contributed by atoms with van der Waals surface area (Å²) in [4.78, 5) is 0. The van der Waals surface area contributed by atoms with E-state index in [2.05, 4.69) is 20.8 Å². The van der Waals surface area contributed by atoms with Crippen molar-refractivity contribution in [1.82, 2.24) is 0 Å². The Morgan fingerprint density at radius 1 is 1.50 bits per heavy atom. The zero-order chi connectivity index (χ0) is 7.52. The molecule has 2 rings (SSSR count). The Labute approximate surface area is 63.0 Å². The highest BCUT2D eigenvalue weighted by Gasteiger charge is 2.74. The molecule has 0 heterocycles. The summed E-state index contributed by atoms with van der Waals surface area (Å²) in [7, 11) is 0. The molecule has 0 amide bonds. The molecule has 10 heavy (non-hydrogen) atoms. The lowest BCUT2D eigenvalue weighted by molar-refractivity contribution is 0.561. The maximum atomic E-state index is 5.87. The van der Waals surface area contributed by atoms with Gasteiger partial charge in [-0.15, -0.1) is 0 Å². The second-order valence-corrected chi connectivity index (χ2v) is 4.39. The van der Waals surface area contributed by atoms with Crippen LogP contribution < -0.4 is 5.73 Å². The molecule has 0 radical (unpaired) electrons. The van der Waals surface area contributed by atoms with Crippen LogP contribution in [0.1, 0.15) is 27.2 Å². The molecule has 1 nitrogen and oxygen atoms in total. The Hall–Kier alpha value is -0.0400. The summed E-state index contributed by atoms with van der Waals surface area (Å²) in [5.41, 5.74) is 6.60. The molecule has 0 bridgehead atoms. The van der Waals surface area contributed by atoms with E-state index < -0.39 is 0 Å². The summed E-state index contributed by atoms with van der Waals surface area (Å²) in [6.45, 7) is 6.87. The molecule has 1 heteroatoms. The second-order valence-electron chi connectivity index (χ2n) is 4.39. The highest BCUT2D eigenvalue weighted by Crippen LogP contribution is 2.78. The molecule has 2 saturated carbocycles. The molecule has 2 aliphatic rings. The molecular formula is C9H17N. The van der Waals surface area contributed by atoms with Gasteiger partial charge < -0.3 is 5.73 Å². The van der Waals surface area contributed by atoms with Gasteiger partial charge >= 0.3 is 0 Å². The topological polar surface area (TPSA) is 26.0 Å². The number of nitrogens with two attached hydrogens (primary N) is 1. The van der Waals surface area contributed by atoms with E-state index in [-0.39, 0.29) is 0 Å². The van der Waals surface area contributed by atoms with Crippen molar-refractivity contribution in [2.75, 3.05) is 0 Å². The van der Waals surface area contributed by atoms with Crippen LogP contribution in [0, 0.1) is 23.2 Å². The predicted octanol–water partition coefficient (Wildman–Crippen LogP) is 1.63. The fourth-order valence-electron chi connectivity index (χ4n) is 3.21. The van der Waals surface area contributed by atoms with Crippen LogP contribution in [-0.4, -0.2) is 6.04 Å². The van der Waals surface area contributed by atoms with Gasteiger partial charge in [0.05, 0.1) is 0 Å². The van der Waals surface area contributed by atoms with Crippen LogP contribution in [0.4, 0.5) is 0 Å². The van der Waals surface area contributed by atoms with Crippen LogP contribution in [0.5, 0.6) is 0 Å². The molecule has 58 valence electrons. The average Bonchev–Trinajstić information content (AvgIpc) is 2.55. The Morgan fingerprint density at radius 3 is 2.10 bits per heavy atom. The molecule has 0 aliphatic heterocycles. The molecule has 0 aromatic carbocycles. The summed E-state index contributed by atoms with van der Waals surface area (Å²) in [6.07, 6.45) is 1.44. The molecule has 0 aromatic heterocycles. The number of hydrogen-bond donors (Lipinski definition) is 1. The first-order valence-corrected chi connectivity index (χ1v) is 4.36. The van der Waals surface area contributed by atoms with E-state index in [1.165, 1.54) is 6.42 Å². The Morgan fingerprint density at radius 2 is 2.00 bits per heavy atom. The van der Waals surface area contributed by atoms with Gasteiger partial charge in [0.15, 0.2) is 0 Å². The van der Waals surface area contributed by atoms with E-state index in [4.69, 9.17) is 5.73 Å². The van der Waals surface area contributed by atoms with Crippen molar-refractivity contribution in [2.24, 2.45) is 28.9 Å². The first kappa shape index (κ1) is 6.66. The van der Waals surface area contributed by atoms with E-state index in [9.17, 15) is 0 Å². The van der Waals surface area contributed by atoms with Gasteiger partial charge in [0.25, 0.3) is 0 Å². The van der Waals surface area contributed by atoms with E-state index in [0.29, 0.717) is 6.04 Å². The van der Waals surface area contributed by atoms with E-state index in [0.717, 1.165) is 23.2 Å². The van der Waals surface area contributed by atoms with Crippen LogP contribution in [0.2, 0.25) is 0 Å². The Balaban J connectivity index is 2.06. The van der Waals surface area contributed by atoms with Gasteiger partial charge in [0, 0.05) is 6.04 Å². The van der Waals surface area contributed by atoms with E-state index in [1.807, 2.05) is 0 Å². The lowest BCUT2D eigenvalue weighted by Gasteiger charge is -2.00. The average molecular weight is 139 g/mol. The zero-order valence-electron chi connectivity index (χ0n) is 7.09. The van der Waals surface area contributed by atoms with Gasteiger partial charge in [-0.05, 0) is 36.5 Å². The van der Waals surface area contributed by atoms with Gasteiger partial charge in [-0.25, -0.2) is 0 Å². The summed E-state index contributed by atoms with van der Waals surface area (Å²) in [6, 6.07) is 0.431. The van der Waals surface area contributed by atoms with E-state index >= 15 is 0 Å². The molecule has 1 spiro atoms. The van der Waals surface area contributed by atoms with Crippen LogP contribution in [0.15, 0.2) is 0 Å². The van der Waals surface area contributed by atoms with Crippen LogP contribution in [0.25, 0.3) is 0 Å². The molecule has 2 fully saturated rings. The Bertz CT molecular complexity index is 164. The first-order valence-electron chi connectivity index (χ1n) is 4.36. The van der Waals surface area contributed by atoms with Gasteiger partial charge in [0.1, 0.15) is 0 Å². The van der Waals surface area contributed by atoms with E-state index in [1.54, 1.807) is 0 Å². The molecule has 0 saturated heterocycles. The molecule has 5 unspecified atom stereocenters. The van der Waals surface area contributed by atoms with Crippen molar-refractivity contribution in [3.05, 3.63) is 0 Å². The van der Waals surface area contributed by atoms with Gasteiger partial charge in [0.2, 0.25) is 0 Å². The summed E-state index contributed by atoms with van der Waals surface area (Å²) < 4.78 is 0. The predicted molar refractivity (Wildman–Crippen MR) is 42.5 cm³/mol. The maximum absolute atomic E-state index is 5.87. The smallest absolute Gasteiger partial charge is 0.00470 e. The molecule has 2 aliphatic carbocycles. The minimum atomic E-state index is 0.431. The number of rotatable bonds is 1. The fourth-order valence-corrected chi connectivity index (χ4v) is 3.21. The van der Waals surface area contributed by atoms with Gasteiger partial charge in [-0.3, -0.25) is 0 Å². The highest BCUT2D eigenvalue weighted by atomic mass is 14.8. The fraction of sp³-hybridized carbons (Fsp3) is 1.00. The zero-order valence-corrected chi connectivity index (χ0v) is 7.09. The van der Waals surface area contributed by atoms with Crippen LogP contribution in [-0.2, 0) is 0 Å². The second kappa shape index (κ2) is 1.58. The van der Waals surface area contributed by atoms with Gasteiger partial charge in [-0.1, -0.05) is 13.8 Å². The SMILES string of the molecule is CC(N)C1C(C)C12CC2C. The summed E-state index contributed by atoms with van der Waals surface area (Å²) >= 11 is 0. The van der Waals surface area contributed by atoms with Crippen LogP contribution in [0.3, 0.4) is 0 Å². The largest absolute Gasteiger partial charge is 0.328 e. The standard InChI is InChI=1S/C9H17N/c1-5-4-9(5)6(2)8(9)7(3)10/h5-8H,4,10H2,1-3H3. The first-order chi connectivity index (χ1) is 4.60. The van der Waals surface area contributed by atoms with Crippen molar-refractivity contribution < 1.29 is 0 Å². The third kappa shape index (κ3) is 0.531. The monoisotopic (exact) mass is 139 g/mol. The number of hydrogen-bond acceptors (Lipinski definition) is 1. The van der Waals surface area contributed by atoms with Crippen molar-refractivity contribution >= 4 is 0 Å². The van der Waals surface area contributed by atoms with Crippen molar-refractivity contribution in [3.63, 3.8) is 0 Å². The molecule has 2 N–H and O–H groups in total. The minimum Gasteiger partial charge on any atom is -0.328 e. The quantitative estimate of drug-likeness (QED) is 0.587. The normalized spacial score (nSPS) is 60.6. The van der Waals surface area contributed by atoms with Crippen molar-refractivity contribution in [3.8, 4) is 0 Å². The molecule has 0 aromatic rings. The lowest BCUT2D eigenvalue weighted by atomic mass is 10.1. The lowest BCUT2D eigenvalue weighted by Crippen LogP contribution is -2.19. The maximum Gasteiger partial charge on any atom is 0.00470 e. The summed E-state index contributed by atoms with van der Waals surface area (Å²) in [5, 5.41) is 0. The van der Waals surface area contributed by atoms with Gasteiger partial charge in [-0.2, -0.15) is 0 Å². The van der Waals surface area contributed by atoms with Crippen molar-refractivity contribution in [2.45, 2.75) is 33.2 Å². The minimum absolute atomic E-state index is 0.431. The molecule has 5 atom stereocenters. The highest BCUT2D eigenvalue weighted by molar-refractivity contribution is 5.23. The van der Waals surface area contributed by atoms with Crippen molar-refractivity contribution in [1.29, 1.82) is 0 Å².